The monoisotopic (exact) mass is 382 g/mol. The number of anilines is 4. The van der Waals surface area contributed by atoms with Gasteiger partial charge in [0.25, 0.3) is 0 Å². The van der Waals surface area contributed by atoms with Crippen LogP contribution >= 0.6 is 0 Å². The fourth-order valence-corrected chi connectivity index (χ4v) is 2.94. The van der Waals surface area contributed by atoms with E-state index in [4.69, 9.17) is 10.8 Å². The summed E-state index contributed by atoms with van der Waals surface area (Å²) in [6, 6.07) is 4.66. The van der Waals surface area contributed by atoms with E-state index >= 15 is 0 Å². The number of aliphatic hydroxyl groups excluding tert-OH is 1. The summed E-state index contributed by atoms with van der Waals surface area (Å²) in [6.07, 6.45) is -3.00. The van der Waals surface area contributed by atoms with E-state index in [-0.39, 0.29) is 6.61 Å². The number of nitrogens with two attached hydrogens (primary N) is 1. The highest BCUT2D eigenvalue weighted by molar-refractivity contribution is 5.78. The molecule has 0 atom stereocenters. The first-order valence-corrected chi connectivity index (χ1v) is 8.51. The van der Waals surface area contributed by atoms with Gasteiger partial charge in [0.1, 0.15) is 12.0 Å². The summed E-state index contributed by atoms with van der Waals surface area (Å²) >= 11 is 0. The van der Waals surface area contributed by atoms with Gasteiger partial charge in [-0.15, -0.1) is 0 Å². The Morgan fingerprint density at radius 2 is 1.74 bits per heavy atom. The molecular weight excluding hydrogens is 361 g/mol. The number of hydrogen-bond donors (Lipinski definition) is 3. The van der Waals surface area contributed by atoms with Crippen LogP contribution in [0, 0.1) is 0 Å². The largest absolute Gasteiger partial charge is 0.416 e. The van der Waals surface area contributed by atoms with Crippen molar-refractivity contribution < 1.29 is 18.3 Å². The maximum Gasteiger partial charge on any atom is 0.416 e. The lowest BCUT2D eigenvalue weighted by Crippen LogP contribution is -2.47. The molecule has 1 aromatic carbocycles. The molecule has 1 aliphatic heterocycles. The molecule has 0 unspecified atom stereocenters. The van der Waals surface area contributed by atoms with Crippen molar-refractivity contribution in [1.82, 2.24) is 14.9 Å². The summed E-state index contributed by atoms with van der Waals surface area (Å²) in [6.45, 7) is 3.74. The molecule has 10 heteroatoms. The molecule has 0 radical (unpaired) electrons. The van der Waals surface area contributed by atoms with Gasteiger partial charge in [0.05, 0.1) is 12.2 Å². The van der Waals surface area contributed by atoms with Gasteiger partial charge in [-0.05, 0) is 24.3 Å². The zero-order valence-corrected chi connectivity index (χ0v) is 14.6. The molecule has 0 aliphatic carbocycles. The lowest BCUT2D eigenvalue weighted by molar-refractivity contribution is -0.137. The Kier molecular flexibility index (Phi) is 5.66. The Hall–Kier alpha value is -2.59. The number of nitrogens with zero attached hydrogens (tertiary/aromatic N) is 4. The molecule has 1 fully saturated rings. The average Bonchev–Trinajstić information content (AvgIpc) is 2.64. The molecule has 0 amide bonds. The number of hydrogen-bond acceptors (Lipinski definition) is 7. The maximum atomic E-state index is 12.7. The van der Waals surface area contributed by atoms with Gasteiger partial charge in [0, 0.05) is 38.4 Å². The van der Waals surface area contributed by atoms with Gasteiger partial charge in [-0.1, -0.05) is 0 Å². The Bertz CT molecular complexity index is 760. The summed E-state index contributed by atoms with van der Waals surface area (Å²) < 4.78 is 38.0. The highest BCUT2D eigenvalue weighted by Crippen LogP contribution is 2.32. The van der Waals surface area contributed by atoms with Crippen LogP contribution in [0.5, 0.6) is 0 Å². The van der Waals surface area contributed by atoms with Gasteiger partial charge >= 0.3 is 6.18 Å². The summed E-state index contributed by atoms with van der Waals surface area (Å²) in [5.74, 6) is 0.931. The van der Waals surface area contributed by atoms with Crippen LogP contribution in [0.15, 0.2) is 30.6 Å². The Labute approximate surface area is 154 Å². The summed E-state index contributed by atoms with van der Waals surface area (Å²) in [5.41, 5.74) is 6.27. The molecule has 2 aromatic rings. The predicted octanol–water partition coefficient (Wildman–Crippen LogP) is 1.94. The minimum atomic E-state index is -4.38. The molecule has 3 rings (SSSR count). The Balaban J connectivity index is 1.72. The van der Waals surface area contributed by atoms with Crippen LogP contribution in [0.2, 0.25) is 0 Å². The minimum absolute atomic E-state index is 0.122. The number of benzene rings is 1. The molecule has 146 valence electrons. The summed E-state index contributed by atoms with van der Waals surface area (Å²) in [5, 5.41) is 12.0. The standard InChI is InChI=1S/C17H21F3N6O/c18-17(19,20)12-1-3-13(4-2-12)24-15-14(21)16(23-11-22-15)26-7-5-25(6-8-26)9-10-27/h1-4,11,27H,5-10,21H2,(H,22,23,24). The molecule has 7 nitrogen and oxygen atoms in total. The quantitative estimate of drug-likeness (QED) is 0.728. The first kappa shape index (κ1) is 19.2. The minimum Gasteiger partial charge on any atom is -0.395 e. The van der Waals surface area contributed by atoms with Gasteiger partial charge in [-0.2, -0.15) is 13.2 Å². The van der Waals surface area contributed by atoms with E-state index in [1.807, 2.05) is 4.90 Å². The van der Waals surface area contributed by atoms with E-state index < -0.39 is 11.7 Å². The molecule has 1 aromatic heterocycles. The number of rotatable bonds is 5. The van der Waals surface area contributed by atoms with E-state index in [1.165, 1.54) is 18.5 Å². The first-order chi connectivity index (χ1) is 12.9. The Morgan fingerprint density at radius 3 is 2.33 bits per heavy atom. The maximum absolute atomic E-state index is 12.7. The Morgan fingerprint density at radius 1 is 1.07 bits per heavy atom. The molecular formula is C17H21F3N6O. The van der Waals surface area contributed by atoms with Gasteiger partial charge in [0.2, 0.25) is 0 Å². The van der Waals surface area contributed by atoms with Crippen LogP contribution in [0.3, 0.4) is 0 Å². The summed E-state index contributed by atoms with van der Waals surface area (Å²) in [7, 11) is 0. The lowest BCUT2D eigenvalue weighted by atomic mass is 10.2. The molecule has 0 bridgehead atoms. The van der Waals surface area contributed by atoms with Crippen molar-refractivity contribution in [3.05, 3.63) is 36.2 Å². The van der Waals surface area contributed by atoms with Crippen molar-refractivity contribution in [2.24, 2.45) is 0 Å². The fourth-order valence-electron chi connectivity index (χ4n) is 2.94. The number of aromatic nitrogens is 2. The van der Waals surface area contributed by atoms with Crippen LogP contribution in [0.25, 0.3) is 0 Å². The molecule has 2 heterocycles. The summed E-state index contributed by atoms with van der Waals surface area (Å²) in [4.78, 5) is 12.5. The molecule has 0 spiro atoms. The van der Waals surface area contributed by atoms with Crippen LogP contribution < -0.4 is 16.0 Å². The second-order valence-corrected chi connectivity index (χ2v) is 6.21. The van der Waals surface area contributed by atoms with E-state index in [1.54, 1.807) is 0 Å². The van der Waals surface area contributed by atoms with Gasteiger partial charge in [-0.3, -0.25) is 4.90 Å². The number of aliphatic hydroxyl groups is 1. The number of halogens is 3. The highest BCUT2D eigenvalue weighted by atomic mass is 19.4. The van der Waals surface area contributed by atoms with Crippen LogP contribution in [0.4, 0.5) is 36.2 Å². The highest BCUT2D eigenvalue weighted by Gasteiger charge is 2.30. The predicted molar refractivity (Wildman–Crippen MR) is 96.9 cm³/mol. The lowest BCUT2D eigenvalue weighted by Gasteiger charge is -2.35. The van der Waals surface area contributed by atoms with Crippen molar-refractivity contribution in [1.29, 1.82) is 0 Å². The molecule has 4 N–H and O–H groups in total. The van der Waals surface area contributed by atoms with Crippen LogP contribution in [-0.2, 0) is 6.18 Å². The normalized spacial score (nSPS) is 15.8. The van der Waals surface area contributed by atoms with E-state index in [2.05, 4.69) is 20.2 Å². The smallest absolute Gasteiger partial charge is 0.395 e. The average molecular weight is 382 g/mol. The zero-order valence-electron chi connectivity index (χ0n) is 14.6. The van der Waals surface area contributed by atoms with E-state index in [0.29, 0.717) is 42.6 Å². The van der Waals surface area contributed by atoms with Gasteiger partial charge in [-0.25, -0.2) is 9.97 Å². The third-order valence-electron chi connectivity index (χ3n) is 4.43. The zero-order chi connectivity index (χ0) is 19.4. The van der Waals surface area contributed by atoms with E-state index in [0.717, 1.165) is 25.2 Å². The van der Waals surface area contributed by atoms with Crippen molar-refractivity contribution in [3.63, 3.8) is 0 Å². The third-order valence-corrected chi connectivity index (χ3v) is 4.43. The SMILES string of the molecule is Nc1c(Nc2ccc(C(F)(F)F)cc2)ncnc1N1CCN(CCO)CC1. The molecule has 0 saturated carbocycles. The van der Waals surface area contributed by atoms with Gasteiger partial charge in [0.15, 0.2) is 11.6 Å². The number of β-amino-alcohol motifs (C(OH)–C–C–N with tert-alkyl or cyclic N) is 1. The molecule has 1 saturated heterocycles. The second-order valence-electron chi connectivity index (χ2n) is 6.21. The topological polar surface area (TPSA) is 90.5 Å². The second kappa shape index (κ2) is 7.97. The number of alkyl halides is 3. The number of nitrogens with one attached hydrogen (secondary N) is 1. The van der Waals surface area contributed by atoms with Crippen molar-refractivity contribution in [3.8, 4) is 0 Å². The van der Waals surface area contributed by atoms with E-state index in [9.17, 15) is 13.2 Å². The number of piperazine rings is 1. The van der Waals surface area contributed by atoms with Crippen molar-refractivity contribution in [2.45, 2.75) is 6.18 Å². The van der Waals surface area contributed by atoms with Gasteiger partial charge < -0.3 is 21.1 Å². The van der Waals surface area contributed by atoms with Crippen LogP contribution in [0.1, 0.15) is 5.56 Å². The third kappa shape index (κ3) is 4.58. The first-order valence-electron chi connectivity index (χ1n) is 8.51. The van der Waals surface area contributed by atoms with Crippen molar-refractivity contribution in [2.75, 3.05) is 55.3 Å². The van der Waals surface area contributed by atoms with Crippen LogP contribution in [-0.4, -0.2) is 59.3 Å². The fraction of sp³-hybridized carbons (Fsp3) is 0.412. The molecule has 1 aliphatic rings. The van der Waals surface area contributed by atoms with Crippen molar-refractivity contribution >= 4 is 23.0 Å². The number of nitrogen functional groups attached to an aromatic ring is 1. The molecule has 27 heavy (non-hydrogen) atoms.